The van der Waals surface area contributed by atoms with Crippen molar-refractivity contribution in [2.45, 2.75) is 29.3 Å². The molecule has 1 fully saturated rings. The van der Waals surface area contributed by atoms with Crippen LogP contribution in [0.4, 0.5) is 5.13 Å². The molecule has 1 aliphatic rings. The summed E-state index contributed by atoms with van der Waals surface area (Å²) in [5.41, 5.74) is 1.19. The molecule has 1 aromatic heterocycles. The molecule has 8 heteroatoms. The van der Waals surface area contributed by atoms with E-state index in [9.17, 15) is 4.79 Å². The number of amides is 1. The van der Waals surface area contributed by atoms with E-state index < -0.39 is 0 Å². The number of hydrogen-bond acceptors (Lipinski definition) is 7. The molecule has 0 aliphatic heterocycles. The van der Waals surface area contributed by atoms with Crippen LogP contribution < -0.4 is 10.6 Å². The average molecular weight is 378 g/mol. The molecule has 6 nitrogen and oxygen atoms in total. The Morgan fingerprint density at radius 1 is 1.32 bits per heavy atom. The van der Waals surface area contributed by atoms with Gasteiger partial charge in [-0.05, 0) is 32.5 Å². The largest absolute Gasteiger partial charge is 0.357 e. The Hall–Kier alpha value is -1.64. The molecule has 1 aliphatic carbocycles. The van der Waals surface area contributed by atoms with E-state index in [1.165, 1.54) is 41.5 Å². The molecule has 1 amide bonds. The molecule has 0 bridgehead atoms. The predicted octanol–water partition coefficient (Wildman–Crippen LogP) is 2.62. The molecule has 134 valence electrons. The minimum atomic E-state index is 0.0136. The third kappa shape index (κ3) is 5.69. The fourth-order valence-electron chi connectivity index (χ4n) is 2.39. The van der Waals surface area contributed by atoms with Crippen LogP contribution >= 0.6 is 23.1 Å². The molecule has 1 saturated carbocycles. The monoisotopic (exact) mass is 377 g/mol. The molecule has 25 heavy (non-hydrogen) atoms. The van der Waals surface area contributed by atoms with Gasteiger partial charge >= 0.3 is 0 Å². The Morgan fingerprint density at radius 3 is 2.76 bits per heavy atom. The number of likely N-dealkylation sites (N-methyl/N-ethyl adjacent to an activating group) is 1. The van der Waals surface area contributed by atoms with Gasteiger partial charge in [-0.3, -0.25) is 4.79 Å². The highest BCUT2D eigenvalue weighted by molar-refractivity contribution is 8.01. The van der Waals surface area contributed by atoms with Gasteiger partial charge in [0.05, 0.1) is 11.8 Å². The summed E-state index contributed by atoms with van der Waals surface area (Å²) in [6.07, 6.45) is 2.41. The van der Waals surface area contributed by atoms with Gasteiger partial charge in [0.25, 0.3) is 0 Å². The third-order valence-electron chi connectivity index (χ3n) is 3.94. The highest BCUT2D eigenvalue weighted by Gasteiger charge is 2.22. The van der Waals surface area contributed by atoms with Crippen molar-refractivity contribution < 1.29 is 4.79 Å². The number of anilines is 1. The summed E-state index contributed by atoms with van der Waals surface area (Å²) < 4.78 is 0.825. The van der Waals surface area contributed by atoms with E-state index in [1.54, 1.807) is 0 Å². The lowest BCUT2D eigenvalue weighted by Gasteiger charge is -2.25. The zero-order chi connectivity index (χ0) is 17.6. The third-order valence-corrected chi connectivity index (χ3v) is 5.93. The number of thioether (sulfide) groups is 1. The van der Waals surface area contributed by atoms with Crippen molar-refractivity contribution in [2.24, 2.45) is 0 Å². The number of benzene rings is 1. The van der Waals surface area contributed by atoms with Crippen molar-refractivity contribution in [2.75, 3.05) is 31.7 Å². The van der Waals surface area contributed by atoms with E-state index in [2.05, 4.69) is 37.9 Å². The van der Waals surface area contributed by atoms with Gasteiger partial charge in [0.2, 0.25) is 11.0 Å². The van der Waals surface area contributed by atoms with Gasteiger partial charge in [-0.15, -0.1) is 10.2 Å². The van der Waals surface area contributed by atoms with Crippen LogP contribution in [0.1, 0.15) is 24.4 Å². The highest BCUT2D eigenvalue weighted by Crippen LogP contribution is 2.30. The molecule has 0 saturated heterocycles. The van der Waals surface area contributed by atoms with Crippen LogP contribution in [-0.2, 0) is 4.79 Å². The Kier molecular flexibility index (Phi) is 6.28. The number of hydrogen-bond donors (Lipinski definition) is 2. The molecule has 1 aromatic carbocycles. The Bertz CT molecular complexity index is 687. The van der Waals surface area contributed by atoms with Gasteiger partial charge in [0, 0.05) is 12.6 Å². The number of carbonyl (C=O) groups excluding carboxylic acids is 1. The molecular formula is C17H23N5OS2. The van der Waals surface area contributed by atoms with Crippen LogP contribution in [0.3, 0.4) is 0 Å². The first kappa shape index (κ1) is 18.2. The Morgan fingerprint density at radius 2 is 2.08 bits per heavy atom. The van der Waals surface area contributed by atoms with Crippen LogP contribution in [0.25, 0.3) is 0 Å². The quantitative estimate of drug-likeness (QED) is 0.655. The molecule has 1 atom stereocenters. The topological polar surface area (TPSA) is 70.2 Å². The maximum Gasteiger partial charge on any atom is 0.230 e. The summed E-state index contributed by atoms with van der Waals surface area (Å²) in [6, 6.07) is 10.9. The van der Waals surface area contributed by atoms with Crippen molar-refractivity contribution in [1.29, 1.82) is 0 Å². The molecule has 2 N–H and O–H groups in total. The minimum Gasteiger partial charge on any atom is -0.357 e. The maximum absolute atomic E-state index is 12.2. The van der Waals surface area contributed by atoms with Crippen molar-refractivity contribution in [3.05, 3.63) is 35.9 Å². The summed E-state index contributed by atoms with van der Waals surface area (Å²) in [7, 11) is 4.04. The number of aromatic nitrogens is 2. The normalized spacial score (nSPS) is 15.2. The van der Waals surface area contributed by atoms with Crippen LogP contribution in [0.2, 0.25) is 0 Å². The fourth-order valence-corrected chi connectivity index (χ4v) is 4.05. The summed E-state index contributed by atoms with van der Waals surface area (Å²) in [5, 5.41) is 15.4. The van der Waals surface area contributed by atoms with Crippen LogP contribution in [0, 0.1) is 0 Å². The molecule has 1 heterocycles. The second-order valence-corrected chi connectivity index (χ2v) is 8.47. The standard InChI is InChI=1S/C17H23N5OS2/c1-22(2)14(12-6-4-3-5-7-12)10-18-15(23)11-24-17-21-20-16(25-17)19-13-8-9-13/h3-7,13-14H,8-11H2,1-2H3,(H,18,23)(H,19,20). The summed E-state index contributed by atoms with van der Waals surface area (Å²) in [6.45, 7) is 0.584. The molecule has 3 rings (SSSR count). The molecule has 0 radical (unpaired) electrons. The van der Waals surface area contributed by atoms with E-state index in [4.69, 9.17) is 0 Å². The average Bonchev–Trinajstić information content (AvgIpc) is 3.30. The van der Waals surface area contributed by atoms with Gasteiger partial charge in [-0.2, -0.15) is 0 Å². The zero-order valence-electron chi connectivity index (χ0n) is 14.4. The van der Waals surface area contributed by atoms with Gasteiger partial charge in [0.1, 0.15) is 0 Å². The predicted molar refractivity (Wildman–Crippen MR) is 103 cm³/mol. The molecular weight excluding hydrogens is 354 g/mol. The number of rotatable bonds is 9. The van der Waals surface area contributed by atoms with Crippen LogP contribution in [0.15, 0.2) is 34.7 Å². The van der Waals surface area contributed by atoms with Crippen molar-refractivity contribution in [3.63, 3.8) is 0 Å². The lowest BCUT2D eigenvalue weighted by molar-refractivity contribution is -0.118. The maximum atomic E-state index is 12.2. The first-order valence-corrected chi connectivity index (χ1v) is 10.1. The lowest BCUT2D eigenvalue weighted by Crippen LogP contribution is -2.35. The summed E-state index contributed by atoms with van der Waals surface area (Å²) in [5.74, 6) is 0.368. The van der Waals surface area contributed by atoms with Gasteiger partial charge < -0.3 is 15.5 Å². The van der Waals surface area contributed by atoms with Crippen LogP contribution in [0.5, 0.6) is 0 Å². The Labute approximate surface area is 156 Å². The van der Waals surface area contributed by atoms with Gasteiger partial charge in [-0.25, -0.2) is 0 Å². The highest BCUT2D eigenvalue weighted by atomic mass is 32.2. The van der Waals surface area contributed by atoms with E-state index in [0.29, 0.717) is 18.3 Å². The molecule has 0 spiro atoms. The van der Waals surface area contributed by atoms with Gasteiger partial charge in [0.15, 0.2) is 4.34 Å². The zero-order valence-corrected chi connectivity index (χ0v) is 16.1. The number of nitrogens with zero attached hydrogens (tertiary/aromatic N) is 3. The number of carbonyl (C=O) groups is 1. The first-order chi connectivity index (χ1) is 12.1. The summed E-state index contributed by atoms with van der Waals surface area (Å²) in [4.78, 5) is 14.3. The second-order valence-electron chi connectivity index (χ2n) is 6.27. The number of nitrogens with one attached hydrogen (secondary N) is 2. The van der Waals surface area contributed by atoms with Crippen LogP contribution in [-0.4, -0.2) is 53.4 Å². The summed E-state index contributed by atoms with van der Waals surface area (Å²) >= 11 is 2.94. The van der Waals surface area contributed by atoms with Crippen molar-refractivity contribution in [1.82, 2.24) is 20.4 Å². The molecule has 2 aromatic rings. The van der Waals surface area contributed by atoms with Crippen molar-refractivity contribution >= 4 is 34.1 Å². The SMILES string of the molecule is CN(C)C(CNC(=O)CSc1nnc(NC2CC2)s1)c1ccccc1. The van der Waals surface area contributed by atoms with E-state index in [0.717, 1.165) is 9.47 Å². The van der Waals surface area contributed by atoms with E-state index in [1.807, 2.05) is 32.3 Å². The minimum absolute atomic E-state index is 0.0136. The van der Waals surface area contributed by atoms with Crippen molar-refractivity contribution in [3.8, 4) is 0 Å². The smallest absolute Gasteiger partial charge is 0.230 e. The van der Waals surface area contributed by atoms with E-state index >= 15 is 0 Å². The lowest BCUT2D eigenvalue weighted by atomic mass is 10.1. The molecule has 1 unspecified atom stereocenters. The second kappa shape index (κ2) is 8.64. The van der Waals surface area contributed by atoms with Gasteiger partial charge in [-0.1, -0.05) is 53.4 Å². The first-order valence-electron chi connectivity index (χ1n) is 8.32. The van der Waals surface area contributed by atoms with E-state index in [-0.39, 0.29) is 11.9 Å². The fraction of sp³-hybridized carbons (Fsp3) is 0.471. The Balaban J connectivity index is 1.44.